The number of carbonyl (C=O) groups excluding carboxylic acids is 1. The Morgan fingerprint density at radius 1 is 1.40 bits per heavy atom. The van der Waals surface area contributed by atoms with Gasteiger partial charge in [-0.15, -0.1) is 11.8 Å². The number of hydrogen-bond acceptors (Lipinski definition) is 4. The SMILES string of the molecule is Cc1ccc(SCC(=O)NC2CCS(=O)(=O)C2)c(C)c1. The van der Waals surface area contributed by atoms with Gasteiger partial charge >= 0.3 is 0 Å². The Kier molecular flexibility index (Phi) is 4.75. The fraction of sp³-hybridized carbons (Fsp3) is 0.500. The van der Waals surface area contributed by atoms with Crippen molar-refractivity contribution in [2.75, 3.05) is 17.3 Å². The smallest absolute Gasteiger partial charge is 0.230 e. The largest absolute Gasteiger partial charge is 0.352 e. The van der Waals surface area contributed by atoms with E-state index in [9.17, 15) is 13.2 Å². The highest BCUT2D eigenvalue weighted by molar-refractivity contribution is 8.00. The number of sulfone groups is 1. The first-order valence-electron chi connectivity index (χ1n) is 6.55. The summed E-state index contributed by atoms with van der Waals surface area (Å²) in [6.07, 6.45) is 0.530. The summed E-state index contributed by atoms with van der Waals surface area (Å²) in [5.41, 5.74) is 2.36. The quantitative estimate of drug-likeness (QED) is 0.859. The summed E-state index contributed by atoms with van der Waals surface area (Å²) >= 11 is 1.49. The van der Waals surface area contributed by atoms with Crippen molar-refractivity contribution in [1.29, 1.82) is 0 Å². The Hall–Kier alpha value is -1.01. The van der Waals surface area contributed by atoms with Crippen LogP contribution in [0.1, 0.15) is 17.5 Å². The lowest BCUT2D eigenvalue weighted by Gasteiger charge is -2.11. The molecule has 1 fully saturated rings. The van der Waals surface area contributed by atoms with E-state index in [1.54, 1.807) is 0 Å². The maximum Gasteiger partial charge on any atom is 0.230 e. The first kappa shape index (κ1) is 15.4. The van der Waals surface area contributed by atoms with Crippen molar-refractivity contribution in [2.45, 2.75) is 31.2 Å². The van der Waals surface area contributed by atoms with E-state index in [0.29, 0.717) is 12.2 Å². The standard InChI is InChI=1S/C14H19NO3S2/c1-10-3-4-13(11(2)7-10)19-8-14(16)15-12-5-6-20(17,18)9-12/h3-4,7,12H,5-6,8-9H2,1-2H3,(H,15,16). The summed E-state index contributed by atoms with van der Waals surface area (Å²) in [5, 5.41) is 2.80. The molecular weight excluding hydrogens is 294 g/mol. The first-order chi connectivity index (χ1) is 9.35. The molecule has 6 heteroatoms. The van der Waals surface area contributed by atoms with E-state index in [2.05, 4.69) is 11.4 Å². The van der Waals surface area contributed by atoms with Gasteiger partial charge < -0.3 is 5.32 Å². The van der Waals surface area contributed by atoms with Gasteiger partial charge in [-0.2, -0.15) is 0 Å². The average Bonchev–Trinajstić information content (AvgIpc) is 2.67. The number of aryl methyl sites for hydroxylation is 2. The van der Waals surface area contributed by atoms with Gasteiger partial charge in [-0.3, -0.25) is 4.79 Å². The van der Waals surface area contributed by atoms with Gasteiger partial charge in [0, 0.05) is 10.9 Å². The van der Waals surface area contributed by atoms with E-state index in [1.165, 1.54) is 17.3 Å². The zero-order valence-corrected chi connectivity index (χ0v) is 13.3. The molecule has 1 aromatic rings. The molecule has 20 heavy (non-hydrogen) atoms. The first-order valence-corrected chi connectivity index (χ1v) is 9.36. The maximum absolute atomic E-state index is 11.8. The average molecular weight is 313 g/mol. The Morgan fingerprint density at radius 3 is 2.75 bits per heavy atom. The van der Waals surface area contributed by atoms with Crippen molar-refractivity contribution in [2.24, 2.45) is 0 Å². The summed E-state index contributed by atoms with van der Waals surface area (Å²) in [6.45, 7) is 4.06. The van der Waals surface area contributed by atoms with Crippen LogP contribution < -0.4 is 5.32 Å². The van der Waals surface area contributed by atoms with E-state index in [-0.39, 0.29) is 23.5 Å². The van der Waals surface area contributed by atoms with Crippen LogP contribution in [0.4, 0.5) is 0 Å². The molecule has 0 radical (unpaired) electrons. The van der Waals surface area contributed by atoms with Gasteiger partial charge in [-0.05, 0) is 31.9 Å². The lowest BCUT2D eigenvalue weighted by Crippen LogP contribution is -2.36. The molecule has 0 aromatic heterocycles. The van der Waals surface area contributed by atoms with Crippen LogP contribution >= 0.6 is 11.8 Å². The highest BCUT2D eigenvalue weighted by Crippen LogP contribution is 2.23. The van der Waals surface area contributed by atoms with Crippen LogP contribution in [0.15, 0.2) is 23.1 Å². The van der Waals surface area contributed by atoms with Gasteiger partial charge in [-0.1, -0.05) is 17.7 Å². The van der Waals surface area contributed by atoms with Gasteiger partial charge in [-0.25, -0.2) is 8.42 Å². The van der Waals surface area contributed by atoms with Crippen LogP contribution in [0.5, 0.6) is 0 Å². The topological polar surface area (TPSA) is 63.2 Å². The monoisotopic (exact) mass is 313 g/mol. The second-order valence-corrected chi connectivity index (χ2v) is 8.47. The Labute approximate surface area is 124 Å². The van der Waals surface area contributed by atoms with Crippen molar-refractivity contribution in [3.63, 3.8) is 0 Å². The molecule has 0 spiro atoms. The second-order valence-electron chi connectivity index (χ2n) is 5.23. The van der Waals surface area contributed by atoms with Crippen LogP contribution in [0.2, 0.25) is 0 Å². The molecule has 110 valence electrons. The lowest BCUT2D eigenvalue weighted by molar-refractivity contribution is -0.119. The maximum atomic E-state index is 11.8. The molecule has 1 aliphatic heterocycles. The number of benzene rings is 1. The van der Waals surface area contributed by atoms with Gasteiger partial charge in [0.2, 0.25) is 5.91 Å². The predicted octanol–water partition coefficient (Wildman–Crippen LogP) is 1.70. The Balaban J connectivity index is 1.84. The second kappa shape index (κ2) is 6.18. The molecule has 0 aliphatic carbocycles. The fourth-order valence-corrected chi connectivity index (χ4v) is 4.78. The minimum Gasteiger partial charge on any atom is -0.352 e. The molecule has 0 saturated carbocycles. The normalized spacial score (nSPS) is 20.8. The summed E-state index contributed by atoms with van der Waals surface area (Å²) < 4.78 is 22.6. The van der Waals surface area contributed by atoms with E-state index < -0.39 is 9.84 Å². The van der Waals surface area contributed by atoms with Gasteiger partial charge in [0.1, 0.15) is 0 Å². The molecule has 0 bridgehead atoms. The van der Waals surface area contributed by atoms with Crippen LogP contribution in [-0.4, -0.2) is 37.6 Å². The van der Waals surface area contributed by atoms with Crippen LogP contribution in [0, 0.1) is 13.8 Å². The van der Waals surface area contributed by atoms with Crippen molar-refractivity contribution >= 4 is 27.5 Å². The zero-order valence-electron chi connectivity index (χ0n) is 11.7. The van der Waals surface area contributed by atoms with Gasteiger partial charge in [0.25, 0.3) is 0 Å². The molecule has 2 rings (SSSR count). The molecule has 1 amide bonds. The summed E-state index contributed by atoms with van der Waals surface area (Å²) in [6, 6.07) is 5.91. The molecule has 1 aliphatic rings. The van der Waals surface area contributed by atoms with E-state index in [1.807, 2.05) is 26.0 Å². The minimum absolute atomic E-state index is 0.0764. The van der Waals surface area contributed by atoms with Crippen molar-refractivity contribution in [3.05, 3.63) is 29.3 Å². The van der Waals surface area contributed by atoms with Crippen molar-refractivity contribution in [1.82, 2.24) is 5.32 Å². The third kappa shape index (κ3) is 4.24. The molecular formula is C14H19NO3S2. The summed E-state index contributed by atoms with van der Waals surface area (Å²) in [4.78, 5) is 12.9. The van der Waals surface area contributed by atoms with Gasteiger partial charge in [0.05, 0.1) is 17.3 Å². The van der Waals surface area contributed by atoms with E-state index in [4.69, 9.17) is 0 Å². The number of thioether (sulfide) groups is 1. The number of hydrogen-bond donors (Lipinski definition) is 1. The molecule has 1 unspecified atom stereocenters. The van der Waals surface area contributed by atoms with Crippen molar-refractivity contribution in [3.8, 4) is 0 Å². The van der Waals surface area contributed by atoms with Crippen LogP contribution in [0.25, 0.3) is 0 Å². The molecule has 1 N–H and O–H groups in total. The van der Waals surface area contributed by atoms with E-state index >= 15 is 0 Å². The molecule has 1 aromatic carbocycles. The summed E-state index contributed by atoms with van der Waals surface area (Å²) in [5.74, 6) is 0.479. The van der Waals surface area contributed by atoms with Gasteiger partial charge in [0.15, 0.2) is 9.84 Å². The molecule has 1 saturated heterocycles. The third-order valence-corrected chi connectivity index (χ3v) is 6.23. The van der Waals surface area contributed by atoms with E-state index in [0.717, 1.165) is 10.5 Å². The van der Waals surface area contributed by atoms with Crippen LogP contribution in [-0.2, 0) is 14.6 Å². The number of rotatable bonds is 4. The van der Waals surface area contributed by atoms with Crippen molar-refractivity contribution < 1.29 is 13.2 Å². The zero-order chi connectivity index (χ0) is 14.8. The lowest BCUT2D eigenvalue weighted by atomic mass is 10.2. The Morgan fingerprint density at radius 2 is 2.15 bits per heavy atom. The number of carbonyl (C=O) groups is 1. The number of nitrogens with one attached hydrogen (secondary N) is 1. The molecule has 1 atom stereocenters. The van der Waals surface area contributed by atoms with Crippen LogP contribution in [0.3, 0.4) is 0 Å². The minimum atomic E-state index is -2.94. The summed E-state index contributed by atoms with van der Waals surface area (Å²) in [7, 11) is -2.94. The number of amides is 1. The molecule has 1 heterocycles. The highest BCUT2D eigenvalue weighted by atomic mass is 32.2. The molecule has 4 nitrogen and oxygen atoms in total. The fourth-order valence-electron chi connectivity index (χ4n) is 2.28. The third-order valence-electron chi connectivity index (χ3n) is 3.29. The Bertz CT molecular complexity index is 611. The predicted molar refractivity (Wildman–Crippen MR) is 81.8 cm³/mol. The highest BCUT2D eigenvalue weighted by Gasteiger charge is 2.28.